The molecule has 0 bridgehead atoms. The Morgan fingerprint density at radius 2 is 2.00 bits per heavy atom. The van der Waals surface area contributed by atoms with E-state index in [2.05, 4.69) is 15.9 Å². The molecule has 3 nitrogen and oxygen atoms in total. The summed E-state index contributed by atoms with van der Waals surface area (Å²) < 4.78 is 39.3. The second-order valence-corrected chi connectivity index (χ2v) is 5.78. The number of hydrogen-bond donors (Lipinski definition) is 2. The number of rotatable bonds is 4. The molecular formula is C13H12BrF3O3. The maximum atomic E-state index is 13.1. The maximum absolute atomic E-state index is 13.1. The van der Waals surface area contributed by atoms with E-state index in [0.717, 1.165) is 12.8 Å². The Kier molecular flexibility index (Phi) is 4.00. The van der Waals surface area contributed by atoms with Crippen molar-refractivity contribution in [3.63, 3.8) is 0 Å². The molecule has 1 aromatic carbocycles. The highest BCUT2D eigenvalue weighted by Gasteiger charge is 2.41. The van der Waals surface area contributed by atoms with E-state index in [1.807, 2.05) is 0 Å². The number of alkyl halides is 3. The van der Waals surface area contributed by atoms with Gasteiger partial charge in [-0.05, 0) is 58.3 Å². The highest BCUT2D eigenvalue weighted by molar-refractivity contribution is 9.10. The SMILES string of the molecule is O=C(O)CC(c1cc(Br)c(O)cc1C(F)(F)F)C1CC1. The van der Waals surface area contributed by atoms with Crippen LogP contribution in [0.5, 0.6) is 5.75 Å². The van der Waals surface area contributed by atoms with Crippen LogP contribution in [-0.2, 0) is 11.0 Å². The largest absolute Gasteiger partial charge is 0.507 e. The first kappa shape index (κ1) is 15.2. The number of carboxylic acid groups (broad SMARTS) is 1. The zero-order valence-corrected chi connectivity index (χ0v) is 11.8. The monoisotopic (exact) mass is 352 g/mol. The molecule has 110 valence electrons. The summed E-state index contributed by atoms with van der Waals surface area (Å²) in [6.45, 7) is 0. The summed E-state index contributed by atoms with van der Waals surface area (Å²) in [4.78, 5) is 10.9. The lowest BCUT2D eigenvalue weighted by Gasteiger charge is -2.21. The maximum Gasteiger partial charge on any atom is 0.416 e. The van der Waals surface area contributed by atoms with Gasteiger partial charge in [0.05, 0.1) is 16.5 Å². The molecule has 1 atom stereocenters. The summed E-state index contributed by atoms with van der Waals surface area (Å²) in [6, 6.07) is 1.83. The van der Waals surface area contributed by atoms with E-state index in [0.29, 0.717) is 6.07 Å². The van der Waals surface area contributed by atoms with E-state index < -0.39 is 29.4 Å². The van der Waals surface area contributed by atoms with Gasteiger partial charge in [0.2, 0.25) is 0 Å². The lowest BCUT2D eigenvalue weighted by molar-refractivity contribution is -0.140. The Morgan fingerprint density at radius 1 is 1.40 bits per heavy atom. The van der Waals surface area contributed by atoms with Gasteiger partial charge in [-0.15, -0.1) is 0 Å². The molecule has 7 heteroatoms. The molecule has 1 saturated carbocycles. The smallest absolute Gasteiger partial charge is 0.416 e. The first-order chi connectivity index (χ1) is 9.20. The summed E-state index contributed by atoms with van der Waals surface area (Å²) in [7, 11) is 0. The predicted octanol–water partition coefficient (Wildman–Crippen LogP) is 4.14. The van der Waals surface area contributed by atoms with E-state index in [9.17, 15) is 23.1 Å². The van der Waals surface area contributed by atoms with Crippen molar-refractivity contribution in [3.8, 4) is 5.75 Å². The highest BCUT2D eigenvalue weighted by atomic mass is 79.9. The van der Waals surface area contributed by atoms with Crippen molar-refractivity contribution < 1.29 is 28.2 Å². The molecule has 20 heavy (non-hydrogen) atoms. The first-order valence-corrected chi connectivity index (χ1v) is 6.81. The van der Waals surface area contributed by atoms with E-state index in [-0.39, 0.29) is 22.4 Å². The van der Waals surface area contributed by atoms with Crippen LogP contribution in [-0.4, -0.2) is 16.2 Å². The fraction of sp³-hybridized carbons (Fsp3) is 0.462. The van der Waals surface area contributed by atoms with Crippen molar-refractivity contribution in [2.45, 2.75) is 31.4 Å². The van der Waals surface area contributed by atoms with Crippen LogP contribution in [0.4, 0.5) is 13.2 Å². The van der Waals surface area contributed by atoms with Crippen LogP contribution >= 0.6 is 15.9 Å². The summed E-state index contributed by atoms with van der Waals surface area (Å²) in [5, 5.41) is 18.3. The van der Waals surface area contributed by atoms with Gasteiger partial charge in [0.25, 0.3) is 0 Å². The Bertz CT molecular complexity index is 538. The summed E-state index contributed by atoms with van der Waals surface area (Å²) >= 11 is 2.99. The predicted molar refractivity (Wildman–Crippen MR) is 68.5 cm³/mol. The van der Waals surface area contributed by atoms with E-state index in [1.54, 1.807) is 0 Å². The van der Waals surface area contributed by atoms with Crippen molar-refractivity contribution in [2.75, 3.05) is 0 Å². The molecule has 2 rings (SSSR count). The molecule has 1 fully saturated rings. The Labute approximate surface area is 121 Å². The minimum Gasteiger partial charge on any atom is -0.507 e. The number of hydrogen-bond acceptors (Lipinski definition) is 2. The zero-order valence-electron chi connectivity index (χ0n) is 10.2. The van der Waals surface area contributed by atoms with E-state index >= 15 is 0 Å². The third-order valence-corrected chi connectivity index (χ3v) is 4.04. The molecule has 0 aliphatic heterocycles. The average Bonchev–Trinajstić information content (AvgIpc) is 3.11. The molecule has 1 aliphatic rings. The van der Waals surface area contributed by atoms with E-state index in [1.165, 1.54) is 6.07 Å². The standard InChI is InChI=1S/C13H12BrF3O3/c14-10-3-8(7(4-12(19)20)6-1-2-6)9(5-11(10)18)13(15,16)17/h3,5-7,18H,1-2,4H2,(H,19,20). The fourth-order valence-electron chi connectivity index (χ4n) is 2.35. The van der Waals surface area contributed by atoms with Gasteiger partial charge in [0, 0.05) is 0 Å². The number of phenolic OH excluding ortho intramolecular Hbond substituents is 1. The van der Waals surface area contributed by atoms with Gasteiger partial charge in [0.15, 0.2) is 0 Å². The third kappa shape index (κ3) is 3.26. The van der Waals surface area contributed by atoms with Gasteiger partial charge >= 0.3 is 12.1 Å². The van der Waals surface area contributed by atoms with Gasteiger partial charge in [-0.3, -0.25) is 4.79 Å². The number of carbonyl (C=O) groups is 1. The normalized spacial score (nSPS) is 17.0. The van der Waals surface area contributed by atoms with Crippen LogP contribution in [0.1, 0.15) is 36.3 Å². The zero-order chi connectivity index (χ0) is 15.1. The van der Waals surface area contributed by atoms with Crippen LogP contribution in [0, 0.1) is 5.92 Å². The van der Waals surface area contributed by atoms with Crippen molar-refractivity contribution >= 4 is 21.9 Å². The Balaban J connectivity index is 2.52. The number of phenols is 1. The number of aromatic hydroxyl groups is 1. The first-order valence-electron chi connectivity index (χ1n) is 6.01. The highest BCUT2D eigenvalue weighted by Crippen LogP contribution is 2.49. The van der Waals surface area contributed by atoms with Crippen LogP contribution in [0.2, 0.25) is 0 Å². The topological polar surface area (TPSA) is 57.5 Å². The number of benzene rings is 1. The summed E-state index contributed by atoms with van der Waals surface area (Å²) in [6.07, 6.45) is -3.51. The van der Waals surface area contributed by atoms with Gasteiger partial charge < -0.3 is 10.2 Å². The van der Waals surface area contributed by atoms with Crippen LogP contribution in [0.15, 0.2) is 16.6 Å². The molecule has 1 aliphatic carbocycles. The Morgan fingerprint density at radius 3 is 2.45 bits per heavy atom. The molecule has 0 radical (unpaired) electrons. The van der Waals surface area contributed by atoms with Crippen molar-refractivity contribution in [1.29, 1.82) is 0 Å². The fourth-order valence-corrected chi connectivity index (χ4v) is 2.71. The molecule has 0 heterocycles. The van der Waals surface area contributed by atoms with Gasteiger partial charge in [0.1, 0.15) is 5.75 Å². The number of aliphatic carboxylic acids is 1. The minimum absolute atomic E-state index is 0.0383. The number of halogens is 4. The second-order valence-electron chi connectivity index (χ2n) is 4.93. The second kappa shape index (κ2) is 5.27. The summed E-state index contributed by atoms with van der Waals surface area (Å²) in [5.74, 6) is -2.35. The lowest BCUT2D eigenvalue weighted by atomic mass is 9.87. The van der Waals surface area contributed by atoms with Gasteiger partial charge in [-0.1, -0.05) is 0 Å². The molecule has 1 unspecified atom stereocenters. The minimum atomic E-state index is -4.63. The van der Waals surface area contributed by atoms with E-state index in [4.69, 9.17) is 5.11 Å². The average molecular weight is 353 g/mol. The van der Waals surface area contributed by atoms with Crippen molar-refractivity contribution in [1.82, 2.24) is 0 Å². The molecule has 0 amide bonds. The molecule has 0 spiro atoms. The van der Waals surface area contributed by atoms with Crippen molar-refractivity contribution in [3.05, 3.63) is 27.7 Å². The molecular weight excluding hydrogens is 341 g/mol. The van der Waals surface area contributed by atoms with Gasteiger partial charge in [-0.25, -0.2) is 0 Å². The van der Waals surface area contributed by atoms with Crippen molar-refractivity contribution in [2.24, 2.45) is 5.92 Å². The lowest BCUT2D eigenvalue weighted by Crippen LogP contribution is -2.16. The quantitative estimate of drug-likeness (QED) is 0.855. The van der Waals surface area contributed by atoms with Crippen LogP contribution in [0.25, 0.3) is 0 Å². The molecule has 0 aromatic heterocycles. The number of carboxylic acids is 1. The molecule has 0 saturated heterocycles. The van der Waals surface area contributed by atoms with Crippen LogP contribution < -0.4 is 0 Å². The Hall–Kier alpha value is -1.24. The third-order valence-electron chi connectivity index (χ3n) is 3.41. The molecule has 1 aromatic rings. The van der Waals surface area contributed by atoms with Gasteiger partial charge in [-0.2, -0.15) is 13.2 Å². The molecule has 2 N–H and O–H groups in total. The summed E-state index contributed by atoms with van der Waals surface area (Å²) in [5.41, 5.74) is -1.02. The van der Waals surface area contributed by atoms with Crippen LogP contribution in [0.3, 0.4) is 0 Å².